The van der Waals surface area contributed by atoms with Gasteiger partial charge in [0.1, 0.15) is 11.6 Å². The van der Waals surface area contributed by atoms with Gasteiger partial charge in [-0.25, -0.2) is 9.18 Å². The van der Waals surface area contributed by atoms with Crippen molar-refractivity contribution in [2.24, 2.45) is 0 Å². The van der Waals surface area contributed by atoms with Gasteiger partial charge in [0.2, 0.25) is 0 Å². The molecule has 0 unspecified atom stereocenters. The number of ether oxygens (including phenoxy) is 1. The second kappa shape index (κ2) is 7.48. The summed E-state index contributed by atoms with van der Waals surface area (Å²) in [6, 6.07) is 1.69. The molecule has 1 aromatic rings. The van der Waals surface area contributed by atoms with Crippen LogP contribution in [0.25, 0.3) is 0 Å². The van der Waals surface area contributed by atoms with Crippen LogP contribution in [-0.4, -0.2) is 36.4 Å². The van der Waals surface area contributed by atoms with E-state index >= 15 is 0 Å². The summed E-state index contributed by atoms with van der Waals surface area (Å²) in [7, 11) is 0. The van der Waals surface area contributed by atoms with Crippen molar-refractivity contribution in [1.82, 2.24) is 5.32 Å². The lowest BCUT2D eigenvalue weighted by atomic mass is 10.3. The van der Waals surface area contributed by atoms with Crippen LogP contribution in [0.3, 0.4) is 0 Å². The average molecular weight is 324 g/mol. The van der Waals surface area contributed by atoms with E-state index in [0.29, 0.717) is 0 Å². The van der Waals surface area contributed by atoms with Crippen molar-refractivity contribution >= 4 is 17.7 Å². The van der Waals surface area contributed by atoms with Crippen molar-refractivity contribution in [3.63, 3.8) is 0 Å². The van der Waals surface area contributed by atoms with Crippen LogP contribution in [0.2, 0.25) is 0 Å². The lowest BCUT2D eigenvalue weighted by Gasteiger charge is -2.14. The van der Waals surface area contributed by atoms with Crippen LogP contribution in [0.4, 0.5) is 28.0 Å². The summed E-state index contributed by atoms with van der Waals surface area (Å²) in [5, 5.41) is 12.6. The highest BCUT2D eigenvalue weighted by atomic mass is 19.4. The van der Waals surface area contributed by atoms with Crippen molar-refractivity contribution < 1.29 is 37.0 Å². The smallest absolute Gasteiger partial charge is 0.422 e. The van der Waals surface area contributed by atoms with Crippen molar-refractivity contribution in [3.8, 4) is 5.75 Å². The number of hydrogen-bond acceptors (Lipinski definition) is 3. The van der Waals surface area contributed by atoms with E-state index in [-0.39, 0.29) is 24.4 Å². The maximum atomic E-state index is 13.1. The second-order valence-corrected chi connectivity index (χ2v) is 4.07. The van der Waals surface area contributed by atoms with E-state index in [1.165, 1.54) is 0 Å². The summed E-state index contributed by atoms with van der Waals surface area (Å²) >= 11 is 0. The lowest BCUT2D eigenvalue weighted by Crippen LogP contribution is -2.31. The fraction of sp³-hybridized carbons (Fsp3) is 0.333. The Labute approximate surface area is 122 Å². The summed E-state index contributed by atoms with van der Waals surface area (Å²) in [6.45, 7) is -1.80. The molecule has 0 aliphatic carbocycles. The van der Waals surface area contributed by atoms with Crippen molar-refractivity contribution in [3.05, 3.63) is 24.0 Å². The number of alkyl halides is 3. The van der Waals surface area contributed by atoms with E-state index in [4.69, 9.17) is 5.11 Å². The van der Waals surface area contributed by atoms with Gasteiger partial charge >= 0.3 is 18.2 Å². The fourth-order valence-electron chi connectivity index (χ4n) is 1.33. The summed E-state index contributed by atoms with van der Waals surface area (Å²) in [6.07, 6.45) is -4.93. The Morgan fingerprint density at radius 3 is 2.55 bits per heavy atom. The monoisotopic (exact) mass is 324 g/mol. The summed E-state index contributed by atoms with van der Waals surface area (Å²) < 4.78 is 53.9. The zero-order valence-corrected chi connectivity index (χ0v) is 11.0. The molecule has 0 saturated carbocycles. The Bertz CT molecular complexity index is 548. The minimum absolute atomic E-state index is 0.199. The molecular weight excluding hydrogens is 312 g/mol. The normalized spacial score (nSPS) is 10.9. The molecule has 0 radical (unpaired) electrons. The van der Waals surface area contributed by atoms with Crippen molar-refractivity contribution in [2.75, 3.05) is 18.5 Å². The molecule has 0 spiro atoms. The molecular formula is C12H12F4N2O4. The Balaban J connectivity index is 2.69. The zero-order valence-electron chi connectivity index (χ0n) is 11.0. The Kier molecular flexibility index (Phi) is 5.96. The highest BCUT2D eigenvalue weighted by Gasteiger charge is 2.29. The predicted octanol–water partition coefficient (Wildman–Crippen LogP) is 2.36. The van der Waals surface area contributed by atoms with Gasteiger partial charge < -0.3 is 20.5 Å². The third-order valence-electron chi connectivity index (χ3n) is 2.21. The van der Waals surface area contributed by atoms with Gasteiger partial charge in [-0.3, -0.25) is 4.79 Å². The van der Waals surface area contributed by atoms with Gasteiger partial charge in [-0.15, -0.1) is 0 Å². The van der Waals surface area contributed by atoms with Gasteiger partial charge in [-0.05, 0) is 12.1 Å². The average Bonchev–Trinajstić information content (AvgIpc) is 2.36. The molecule has 3 N–H and O–H groups in total. The second-order valence-electron chi connectivity index (χ2n) is 4.07. The quantitative estimate of drug-likeness (QED) is 0.701. The third-order valence-corrected chi connectivity index (χ3v) is 2.21. The lowest BCUT2D eigenvalue weighted by molar-refractivity contribution is -0.153. The molecule has 0 bridgehead atoms. The Morgan fingerprint density at radius 1 is 1.27 bits per heavy atom. The SMILES string of the molecule is O=C(O)CCNC(=O)Nc1cc(F)ccc1OCC(F)(F)F. The highest BCUT2D eigenvalue weighted by molar-refractivity contribution is 5.91. The molecule has 2 amide bonds. The van der Waals surface area contributed by atoms with Crippen LogP contribution < -0.4 is 15.4 Å². The van der Waals surface area contributed by atoms with Gasteiger partial charge in [0.25, 0.3) is 0 Å². The molecule has 122 valence electrons. The maximum absolute atomic E-state index is 13.1. The highest BCUT2D eigenvalue weighted by Crippen LogP contribution is 2.27. The Morgan fingerprint density at radius 2 is 1.95 bits per heavy atom. The van der Waals surface area contributed by atoms with Gasteiger partial charge in [0, 0.05) is 12.6 Å². The van der Waals surface area contributed by atoms with Crippen LogP contribution >= 0.6 is 0 Å². The number of carboxylic acid groups (broad SMARTS) is 1. The molecule has 0 heterocycles. The number of carboxylic acids is 1. The molecule has 1 rings (SSSR count). The molecule has 0 saturated heterocycles. The van der Waals surface area contributed by atoms with Crippen LogP contribution in [-0.2, 0) is 4.79 Å². The molecule has 22 heavy (non-hydrogen) atoms. The fourth-order valence-corrected chi connectivity index (χ4v) is 1.33. The first-order valence-corrected chi connectivity index (χ1v) is 5.93. The standard InChI is InChI=1S/C12H12F4N2O4/c13-7-1-2-9(22-6-12(14,15)16)8(5-7)18-11(21)17-4-3-10(19)20/h1-2,5H,3-4,6H2,(H,19,20)(H2,17,18,21). The summed E-state index contributed by atoms with van der Waals surface area (Å²) in [5.74, 6) is -2.30. The molecule has 0 fully saturated rings. The summed E-state index contributed by atoms with van der Waals surface area (Å²) in [4.78, 5) is 21.7. The van der Waals surface area contributed by atoms with E-state index in [9.17, 15) is 27.2 Å². The first-order valence-electron chi connectivity index (χ1n) is 5.93. The summed E-state index contributed by atoms with van der Waals surface area (Å²) in [5.41, 5.74) is -0.308. The number of amides is 2. The number of rotatable bonds is 6. The van der Waals surface area contributed by atoms with Gasteiger partial charge in [0.15, 0.2) is 6.61 Å². The number of halogens is 4. The van der Waals surface area contributed by atoms with Gasteiger partial charge in [-0.2, -0.15) is 13.2 Å². The van der Waals surface area contributed by atoms with Gasteiger partial charge in [-0.1, -0.05) is 0 Å². The molecule has 6 nitrogen and oxygen atoms in total. The number of carbonyl (C=O) groups excluding carboxylic acids is 1. The molecule has 10 heteroatoms. The minimum atomic E-state index is -4.59. The topological polar surface area (TPSA) is 87.7 Å². The van der Waals surface area contributed by atoms with E-state index in [2.05, 4.69) is 15.4 Å². The zero-order chi connectivity index (χ0) is 16.8. The third kappa shape index (κ3) is 6.77. The molecule has 0 aromatic heterocycles. The largest absolute Gasteiger partial charge is 0.482 e. The minimum Gasteiger partial charge on any atom is -0.482 e. The van der Waals surface area contributed by atoms with Gasteiger partial charge in [0.05, 0.1) is 12.1 Å². The first kappa shape index (κ1) is 17.5. The van der Waals surface area contributed by atoms with Crippen molar-refractivity contribution in [2.45, 2.75) is 12.6 Å². The van der Waals surface area contributed by atoms with E-state index in [1.54, 1.807) is 0 Å². The Hall–Kier alpha value is -2.52. The molecule has 0 aliphatic rings. The number of hydrogen-bond donors (Lipinski definition) is 3. The number of benzene rings is 1. The van der Waals surface area contributed by atoms with Crippen LogP contribution in [0.1, 0.15) is 6.42 Å². The van der Waals surface area contributed by atoms with E-state index in [1.807, 2.05) is 0 Å². The van der Waals surface area contributed by atoms with Crippen molar-refractivity contribution in [1.29, 1.82) is 0 Å². The molecule has 1 aromatic carbocycles. The predicted molar refractivity (Wildman–Crippen MR) is 67.2 cm³/mol. The van der Waals surface area contributed by atoms with Crippen LogP contribution in [0, 0.1) is 5.82 Å². The van der Waals surface area contributed by atoms with Crippen LogP contribution in [0.5, 0.6) is 5.75 Å². The number of nitrogens with one attached hydrogen (secondary N) is 2. The number of aliphatic carboxylic acids is 1. The molecule has 0 aliphatic heterocycles. The first-order chi connectivity index (χ1) is 10.2. The van der Waals surface area contributed by atoms with E-state index in [0.717, 1.165) is 18.2 Å². The van der Waals surface area contributed by atoms with E-state index < -0.39 is 30.6 Å². The number of urea groups is 1. The molecule has 0 atom stereocenters. The number of carbonyl (C=O) groups is 2. The number of anilines is 1. The maximum Gasteiger partial charge on any atom is 0.422 e. The van der Waals surface area contributed by atoms with Crippen LogP contribution in [0.15, 0.2) is 18.2 Å².